The van der Waals surface area contributed by atoms with Gasteiger partial charge >= 0.3 is 0 Å². The van der Waals surface area contributed by atoms with Crippen molar-refractivity contribution in [3.63, 3.8) is 0 Å². The van der Waals surface area contributed by atoms with Crippen molar-refractivity contribution in [1.29, 1.82) is 0 Å². The molecular formula is C22H25N3O. The van der Waals surface area contributed by atoms with Crippen molar-refractivity contribution in [3.8, 4) is 0 Å². The number of carbonyl (C=O) groups excluding carboxylic acids is 1. The topological polar surface area (TPSA) is 35.6 Å². The Hall–Kier alpha value is -2.59. The van der Waals surface area contributed by atoms with E-state index in [0.29, 0.717) is 6.54 Å². The van der Waals surface area contributed by atoms with E-state index in [9.17, 15) is 4.79 Å². The van der Waals surface area contributed by atoms with Crippen molar-refractivity contribution in [2.75, 3.05) is 0 Å². The molecule has 0 saturated carbocycles. The van der Waals surface area contributed by atoms with Crippen LogP contribution in [0, 0.1) is 20.8 Å². The normalized spacial score (nSPS) is 22.0. The Balaban J connectivity index is 1.50. The van der Waals surface area contributed by atoms with Gasteiger partial charge in [-0.25, -0.2) is 5.43 Å². The fourth-order valence-electron chi connectivity index (χ4n) is 3.77. The van der Waals surface area contributed by atoms with Gasteiger partial charge in [0.15, 0.2) is 0 Å². The second-order valence-corrected chi connectivity index (χ2v) is 7.44. The van der Waals surface area contributed by atoms with Crippen LogP contribution in [-0.2, 0) is 11.3 Å². The first-order valence-corrected chi connectivity index (χ1v) is 9.17. The van der Waals surface area contributed by atoms with Crippen LogP contribution in [-0.4, -0.2) is 21.9 Å². The van der Waals surface area contributed by atoms with E-state index < -0.39 is 0 Å². The predicted molar refractivity (Wildman–Crippen MR) is 103 cm³/mol. The SMILES string of the molecule is Cc1cccc(CN2C=CN3NC(c4ccc(C)c(C)c4)CC3C2=O)c1. The summed E-state index contributed by atoms with van der Waals surface area (Å²) in [5, 5.41) is 1.97. The number of hydrogen-bond donors (Lipinski definition) is 1. The van der Waals surface area contributed by atoms with Crippen molar-refractivity contribution in [3.05, 3.63) is 82.7 Å². The third kappa shape index (κ3) is 3.13. The summed E-state index contributed by atoms with van der Waals surface area (Å²) < 4.78 is 0. The molecule has 2 atom stereocenters. The van der Waals surface area contributed by atoms with Crippen LogP contribution in [0.4, 0.5) is 0 Å². The van der Waals surface area contributed by atoms with E-state index in [1.54, 1.807) is 0 Å². The van der Waals surface area contributed by atoms with Crippen molar-refractivity contribution >= 4 is 5.91 Å². The summed E-state index contributed by atoms with van der Waals surface area (Å²) in [5.74, 6) is 0.160. The molecular weight excluding hydrogens is 322 g/mol. The molecule has 2 unspecified atom stereocenters. The van der Waals surface area contributed by atoms with Gasteiger partial charge in [0.25, 0.3) is 5.91 Å². The molecule has 1 amide bonds. The van der Waals surface area contributed by atoms with Gasteiger partial charge in [-0.05, 0) is 49.4 Å². The summed E-state index contributed by atoms with van der Waals surface area (Å²) >= 11 is 0. The average Bonchev–Trinajstić information content (AvgIpc) is 3.05. The van der Waals surface area contributed by atoms with Crippen molar-refractivity contribution in [2.45, 2.75) is 45.8 Å². The summed E-state index contributed by atoms with van der Waals surface area (Å²) in [7, 11) is 0. The minimum Gasteiger partial charge on any atom is -0.311 e. The Labute approximate surface area is 155 Å². The predicted octanol–water partition coefficient (Wildman–Crippen LogP) is 3.75. The molecule has 1 N–H and O–H groups in total. The van der Waals surface area contributed by atoms with E-state index in [1.165, 1.54) is 22.3 Å². The van der Waals surface area contributed by atoms with Crippen LogP contribution < -0.4 is 5.43 Å². The number of carbonyl (C=O) groups is 1. The van der Waals surface area contributed by atoms with Gasteiger partial charge in [-0.15, -0.1) is 0 Å². The zero-order chi connectivity index (χ0) is 18.3. The lowest BCUT2D eigenvalue weighted by Gasteiger charge is -2.31. The summed E-state index contributed by atoms with van der Waals surface area (Å²) in [6, 6.07) is 14.9. The molecule has 4 heteroatoms. The van der Waals surface area contributed by atoms with Crippen molar-refractivity contribution in [2.24, 2.45) is 0 Å². The molecule has 0 bridgehead atoms. The molecule has 0 aliphatic carbocycles. The van der Waals surface area contributed by atoms with Crippen LogP contribution >= 0.6 is 0 Å². The van der Waals surface area contributed by atoms with Crippen LogP contribution in [0.5, 0.6) is 0 Å². The molecule has 0 spiro atoms. The molecule has 2 aliphatic heterocycles. The van der Waals surface area contributed by atoms with E-state index in [0.717, 1.165) is 12.0 Å². The van der Waals surface area contributed by atoms with E-state index >= 15 is 0 Å². The van der Waals surface area contributed by atoms with Gasteiger partial charge in [-0.1, -0.05) is 48.0 Å². The van der Waals surface area contributed by atoms with Crippen LogP contribution in [0.25, 0.3) is 0 Å². The molecule has 2 aliphatic rings. The van der Waals surface area contributed by atoms with Gasteiger partial charge in [0, 0.05) is 12.4 Å². The number of aryl methyl sites for hydroxylation is 3. The lowest BCUT2D eigenvalue weighted by atomic mass is 9.97. The average molecular weight is 347 g/mol. The first kappa shape index (κ1) is 16.9. The van der Waals surface area contributed by atoms with E-state index in [4.69, 9.17) is 0 Å². The first-order chi connectivity index (χ1) is 12.5. The maximum Gasteiger partial charge on any atom is 0.251 e. The molecule has 1 fully saturated rings. The monoisotopic (exact) mass is 347 g/mol. The fraction of sp³-hybridized carbons (Fsp3) is 0.318. The Morgan fingerprint density at radius 3 is 2.65 bits per heavy atom. The highest BCUT2D eigenvalue weighted by atomic mass is 16.2. The van der Waals surface area contributed by atoms with E-state index in [-0.39, 0.29) is 18.0 Å². The molecule has 0 radical (unpaired) electrons. The number of hydrogen-bond acceptors (Lipinski definition) is 3. The molecule has 1 saturated heterocycles. The highest BCUT2D eigenvalue weighted by Gasteiger charge is 2.39. The van der Waals surface area contributed by atoms with Gasteiger partial charge in [0.2, 0.25) is 0 Å². The minimum atomic E-state index is -0.142. The van der Waals surface area contributed by atoms with Crippen molar-refractivity contribution < 1.29 is 4.79 Å². The Morgan fingerprint density at radius 1 is 1.04 bits per heavy atom. The Bertz CT molecular complexity index is 873. The third-order valence-corrected chi connectivity index (χ3v) is 5.44. The lowest BCUT2D eigenvalue weighted by molar-refractivity contribution is -0.134. The van der Waals surface area contributed by atoms with Gasteiger partial charge in [-0.2, -0.15) is 0 Å². The number of fused-ring (bicyclic) bond motifs is 1. The molecule has 2 aromatic rings. The van der Waals surface area contributed by atoms with Gasteiger partial charge in [-0.3, -0.25) is 4.79 Å². The van der Waals surface area contributed by atoms with Crippen LogP contribution in [0.3, 0.4) is 0 Å². The van der Waals surface area contributed by atoms with Crippen LogP contribution in [0.15, 0.2) is 54.9 Å². The molecule has 4 rings (SSSR count). The second kappa shape index (κ2) is 6.61. The minimum absolute atomic E-state index is 0.142. The summed E-state index contributed by atoms with van der Waals surface area (Å²) in [6.07, 6.45) is 4.66. The molecule has 0 aromatic heterocycles. The number of benzene rings is 2. The standard InChI is InChI=1S/C22H25N3O/c1-15-5-4-6-18(11-15)14-24-9-10-25-21(22(24)26)13-20(23-25)19-8-7-16(2)17(3)12-19/h4-12,20-21,23H,13-14H2,1-3H3. The Morgan fingerprint density at radius 2 is 1.88 bits per heavy atom. The molecule has 134 valence electrons. The summed E-state index contributed by atoms with van der Waals surface area (Å²) in [4.78, 5) is 14.8. The second-order valence-electron chi connectivity index (χ2n) is 7.44. The highest BCUT2D eigenvalue weighted by molar-refractivity contribution is 5.84. The van der Waals surface area contributed by atoms with Crippen LogP contribution in [0.1, 0.15) is 40.3 Å². The highest BCUT2D eigenvalue weighted by Crippen LogP contribution is 2.32. The summed E-state index contributed by atoms with van der Waals surface area (Å²) in [5.41, 5.74) is 9.69. The Kier molecular flexibility index (Phi) is 4.29. The smallest absolute Gasteiger partial charge is 0.251 e. The first-order valence-electron chi connectivity index (χ1n) is 9.17. The van der Waals surface area contributed by atoms with E-state index in [1.807, 2.05) is 28.4 Å². The lowest BCUT2D eigenvalue weighted by Crippen LogP contribution is -2.47. The van der Waals surface area contributed by atoms with Gasteiger partial charge in [0.05, 0.1) is 12.6 Å². The fourth-order valence-corrected chi connectivity index (χ4v) is 3.77. The number of nitrogens with zero attached hydrogens (tertiary/aromatic N) is 2. The number of rotatable bonds is 3. The van der Waals surface area contributed by atoms with Gasteiger partial charge in [0.1, 0.15) is 6.04 Å². The zero-order valence-corrected chi connectivity index (χ0v) is 15.6. The van der Waals surface area contributed by atoms with E-state index in [2.05, 4.69) is 62.6 Å². The largest absolute Gasteiger partial charge is 0.311 e. The third-order valence-electron chi connectivity index (χ3n) is 5.44. The maximum atomic E-state index is 13.0. The zero-order valence-electron chi connectivity index (χ0n) is 15.6. The maximum absolute atomic E-state index is 13.0. The molecule has 4 nitrogen and oxygen atoms in total. The number of nitrogens with one attached hydrogen (secondary N) is 1. The molecule has 26 heavy (non-hydrogen) atoms. The quantitative estimate of drug-likeness (QED) is 0.919. The number of hydrazine groups is 1. The van der Waals surface area contributed by atoms with Gasteiger partial charge < -0.3 is 9.91 Å². The molecule has 2 heterocycles. The van der Waals surface area contributed by atoms with Crippen molar-refractivity contribution in [1.82, 2.24) is 15.3 Å². The number of amides is 1. The molecule has 2 aromatic carbocycles. The van der Waals surface area contributed by atoms with Crippen LogP contribution in [0.2, 0.25) is 0 Å². The summed E-state index contributed by atoms with van der Waals surface area (Å²) in [6.45, 7) is 6.96.